The molecule has 0 aromatic rings. The van der Waals surface area contributed by atoms with E-state index in [1.807, 2.05) is 0 Å². The van der Waals surface area contributed by atoms with Gasteiger partial charge in [0.25, 0.3) is 0 Å². The maximum Gasteiger partial charge on any atom is 0.0701 e. The molecule has 3 rings (SSSR count). The second kappa shape index (κ2) is 6.58. The zero-order chi connectivity index (χ0) is 14.0. The molecule has 4 atom stereocenters. The van der Waals surface area contributed by atoms with Crippen LogP contribution >= 0.6 is 11.8 Å². The first-order valence-corrected chi connectivity index (χ1v) is 9.80. The Labute approximate surface area is 128 Å². The summed E-state index contributed by atoms with van der Waals surface area (Å²) in [5.41, 5.74) is 6.33. The van der Waals surface area contributed by atoms with Crippen molar-refractivity contribution in [2.24, 2.45) is 29.4 Å². The van der Waals surface area contributed by atoms with Crippen LogP contribution in [0.5, 0.6) is 0 Å². The van der Waals surface area contributed by atoms with Gasteiger partial charge in [-0.2, -0.15) is 11.8 Å². The summed E-state index contributed by atoms with van der Waals surface area (Å²) in [5, 5.41) is 0. The molecule has 4 unspecified atom stereocenters. The van der Waals surface area contributed by atoms with Crippen molar-refractivity contribution in [2.75, 3.05) is 24.7 Å². The molecule has 2 nitrogen and oxygen atoms in total. The summed E-state index contributed by atoms with van der Waals surface area (Å²) in [6, 6.07) is 0. The Morgan fingerprint density at radius 1 is 1.20 bits per heavy atom. The monoisotopic (exact) mass is 297 g/mol. The van der Waals surface area contributed by atoms with Crippen molar-refractivity contribution in [1.82, 2.24) is 0 Å². The third-order valence-electron chi connectivity index (χ3n) is 6.15. The van der Waals surface area contributed by atoms with Crippen LogP contribution in [0.25, 0.3) is 0 Å². The lowest BCUT2D eigenvalue weighted by molar-refractivity contribution is -0.118. The normalized spacial score (nSPS) is 41.7. The van der Waals surface area contributed by atoms with Gasteiger partial charge in [-0.25, -0.2) is 0 Å². The van der Waals surface area contributed by atoms with Crippen molar-refractivity contribution in [3.63, 3.8) is 0 Å². The van der Waals surface area contributed by atoms with E-state index in [0.29, 0.717) is 0 Å². The van der Waals surface area contributed by atoms with Crippen LogP contribution in [0.4, 0.5) is 0 Å². The fraction of sp³-hybridized carbons (Fsp3) is 1.00. The van der Waals surface area contributed by atoms with Gasteiger partial charge in [-0.1, -0.05) is 13.3 Å². The van der Waals surface area contributed by atoms with E-state index in [-0.39, 0.29) is 5.60 Å². The van der Waals surface area contributed by atoms with Crippen molar-refractivity contribution in [2.45, 2.75) is 57.5 Å². The third kappa shape index (κ3) is 3.20. The summed E-state index contributed by atoms with van der Waals surface area (Å²) < 4.78 is 6.28. The highest BCUT2D eigenvalue weighted by molar-refractivity contribution is 7.99. The Bertz CT molecular complexity index is 311. The Hall–Kier alpha value is 0.270. The molecule has 3 aliphatic rings. The second-order valence-electron chi connectivity index (χ2n) is 7.47. The SMILES string of the molecule is CC1CCC(CN)C(C2CCOC3(CCSCC3)C2)C1. The van der Waals surface area contributed by atoms with Gasteiger partial charge in [0.2, 0.25) is 0 Å². The number of hydrogen-bond acceptors (Lipinski definition) is 3. The molecule has 0 aromatic heterocycles. The van der Waals surface area contributed by atoms with Crippen LogP contribution in [0.1, 0.15) is 51.9 Å². The lowest BCUT2D eigenvalue weighted by atomic mass is 9.64. The van der Waals surface area contributed by atoms with E-state index in [1.54, 1.807) is 0 Å². The van der Waals surface area contributed by atoms with E-state index < -0.39 is 0 Å². The van der Waals surface area contributed by atoms with E-state index in [2.05, 4.69) is 18.7 Å². The van der Waals surface area contributed by atoms with Crippen LogP contribution in [-0.2, 0) is 4.74 Å². The van der Waals surface area contributed by atoms with Gasteiger partial charge in [0.05, 0.1) is 5.60 Å². The first-order chi connectivity index (χ1) is 9.72. The van der Waals surface area contributed by atoms with E-state index >= 15 is 0 Å². The van der Waals surface area contributed by atoms with Crippen molar-refractivity contribution in [1.29, 1.82) is 0 Å². The summed E-state index contributed by atoms with van der Waals surface area (Å²) in [4.78, 5) is 0. The average Bonchev–Trinajstić information content (AvgIpc) is 2.48. The fourth-order valence-electron chi connectivity index (χ4n) is 4.88. The summed E-state index contributed by atoms with van der Waals surface area (Å²) >= 11 is 2.10. The molecule has 20 heavy (non-hydrogen) atoms. The fourth-order valence-corrected chi connectivity index (χ4v) is 6.12. The van der Waals surface area contributed by atoms with Crippen LogP contribution in [0.3, 0.4) is 0 Å². The maximum atomic E-state index is 6.28. The highest BCUT2D eigenvalue weighted by atomic mass is 32.2. The number of thioether (sulfide) groups is 1. The van der Waals surface area contributed by atoms with Gasteiger partial charge in [0, 0.05) is 6.61 Å². The van der Waals surface area contributed by atoms with Crippen molar-refractivity contribution in [3.05, 3.63) is 0 Å². The minimum Gasteiger partial charge on any atom is -0.375 e. The van der Waals surface area contributed by atoms with Crippen molar-refractivity contribution < 1.29 is 4.74 Å². The molecular formula is C17H31NOS. The Balaban J connectivity index is 1.68. The molecule has 1 aliphatic carbocycles. The summed E-state index contributed by atoms with van der Waals surface area (Å²) in [7, 11) is 0. The number of ether oxygens (including phenoxy) is 1. The zero-order valence-electron chi connectivity index (χ0n) is 13.0. The minimum absolute atomic E-state index is 0.244. The van der Waals surface area contributed by atoms with Gasteiger partial charge in [-0.15, -0.1) is 0 Å². The molecule has 0 aromatic carbocycles. The van der Waals surface area contributed by atoms with Gasteiger partial charge in [0.1, 0.15) is 0 Å². The van der Waals surface area contributed by atoms with E-state index in [1.165, 1.54) is 56.5 Å². The Morgan fingerprint density at radius 3 is 2.75 bits per heavy atom. The molecule has 3 heteroatoms. The number of hydrogen-bond donors (Lipinski definition) is 1. The molecule has 2 heterocycles. The Kier molecular flexibility index (Phi) is 4.99. The predicted molar refractivity (Wildman–Crippen MR) is 87.0 cm³/mol. The van der Waals surface area contributed by atoms with Crippen LogP contribution < -0.4 is 5.73 Å². The second-order valence-corrected chi connectivity index (χ2v) is 8.70. The lowest BCUT2D eigenvalue weighted by Gasteiger charge is -2.48. The summed E-state index contributed by atoms with van der Waals surface area (Å²) in [6.07, 6.45) is 9.33. The van der Waals surface area contributed by atoms with Crippen molar-refractivity contribution >= 4 is 11.8 Å². The smallest absolute Gasteiger partial charge is 0.0701 e. The molecule has 2 N–H and O–H groups in total. The van der Waals surface area contributed by atoms with Crippen LogP contribution in [-0.4, -0.2) is 30.3 Å². The topological polar surface area (TPSA) is 35.2 Å². The van der Waals surface area contributed by atoms with Crippen LogP contribution in [0.15, 0.2) is 0 Å². The number of nitrogens with two attached hydrogens (primary N) is 1. The standard InChI is InChI=1S/C17H31NOS/c1-13-2-3-15(12-18)16(10-13)14-4-7-19-17(11-14)5-8-20-9-6-17/h13-16H,2-12,18H2,1H3. The average molecular weight is 298 g/mol. The van der Waals surface area contributed by atoms with Crippen LogP contribution in [0, 0.1) is 23.7 Å². The first kappa shape index (κ1) is 15.2. The molecule has 1 saturated carbocycles. The van der Waals surface area contributed by atoms with E-state index in [9.17, 15) is 0 Å². The first-order valence-electron chi connectivity index (χ1n) is 8.64. The third-order valence-corrected chi connectivity index (χ3v) is 7.14. The molecule has 3 fully saturated rings. The minimum atomic E-state index is 0.244. The predicted octanol–water partition coefficient (Wildman–Crippen LogP) is 3.69. The highest BCUT2D eigenvalue weighted by Gasteiger charge is 2.43. The summed E-state index contributed by atoms with van der Waals surface area (Å²) in [6.45, 7) is 4.33. The lowest BCUT2D eigenvalue weighted by Crippen LogP contribution is -2.46. The van der Waals surface area contributed by atoms with E-state index in [0.717, 1.165) is 36.8 Å². The zero-order valence-corrected chi connectivity index (χ0v) is 13.8. The van der Waals surface area contributed by atoms with Gasteiger partial charge < -0.3 is 10.5 Å². The largest absolute Gasteiger partial charge is 0.375 e. The molecular weight excluding hydrogens is 266 g/mol. The highest BCUT2D eigenvalue weighted by Crippen LogP contribution is 2.47. The molecule has 0 bridgehead atoms. The van der Waals surface area contributed by atoms with Gasteiger partial charge in [-0.05, 0) is 80.2 Å². The Morgan fingerprint density at radius 2 is 2.00 bits per heavy atom. The molecule has 116 valence electrons. The maximum absolute atomic E-state index is 6.28. The number of rotatable bonds is 2. The molecule has 2 saturated heterocycles. The molecule has 2 aliphatic heterocycles. The molecule has 1 spiro atoms. The molecule has 0 radical (unpaired) electrons. The van der Waals surface area contributed by atoms with Crippen LogP contribution in [0.2, 0.25) is 0 Å². The van der Waals surface area contributed by atoms with Gasteiger partial charge >= 0.3 is 0 Å². The molecule has 0 amide bonds. The van der Waals surface area contributed by atoms with Crippen molar-refractivity contribution in [3.8, 4) is 0 Å². The van der Waals surface area contributed by atoms with E-state index in [4.69, 9.17) is 10.5 Å². The van der Waals surface area contributed by atoms with Gasteiger partial charge in [-0.3, -0.25) is 0 Å². The quantitative estimate of drug-likeness (QED) is 0.844. The summed E-state index contributed by atoms with van der Waals surface area (Å²) in [5.74, 6) is 6.04. The van der Waals surface area contributed by atoms with Gasteiger partial charge in [0.15, 0.2) is 0 Å².